The molecule has 1 fully saturated rings. The molecule has 1 aliphatic rings. The van der Waals surface area contributed by atoms with E-state index in [9.17, 15) is 9.90 Å². The van der Waals surface area contributed by atoms with Gasteiger partial charge in [-0.1, -0.05) is 30.3 Å². The molecule has 2 N–H and O–H groups in total. The first-order valence-corrected chi connectivity index (χ1v) is 7.63. The third-order valence-electron chi connectivity index (χ3n) is 4.51. The number of nitrogens with zero attached hydrogens (tertiary/aromatic N) is 1. The Bertz CT molecular complexity index is 632. The Morgan fingerprint density at radius 3 is 2.45 bits per heavy atom. The van der Waals surface area contributed by atoms with Crippen molar-refractivity contribution in [2.24, 2.45) is 5.41 Å². The van der Waals surface area contributed by atoms with Crippen LogP contribution in [-0.2, 0) is 11.2 Å². The standard InChI is InChI=1S/C18H20N2O2/c21-17(22)18(7-10-19-11-8-18)12-14-3-5-15(6-4-14)16-2-1-9-20-13-16/h1-6,9,13,19H,7-8,10-12H2,(H,21,22). The second kappa shape index (κ2) is 6.28. The molecule has 1 aliphatic heterocycles. The molecule has 0 bridgehead atoms. The summed E-state index contributed by atoms with van der Waals surface area (Å²) in [6, 6.07) is 12.1. The average Bonchev–Trinajstić information content (AvgIpc) is 2.57. The van der Waals surface area contributed by atoms with Gasteiger partial charge in [-0.05, 0) is 55.1 Å². The third-order valence-corrected chi connectivity index (χ3v) is 4.51. The van der Waals surface area contributed by atoms with Crippen molar-refractivity contribution >= 4 is 5.97 Å². The molecule has 1 saturated heterocycles. The second-order valence-electron chi connectivity index (χ2n) is 5.95. The number of carbonyl (C=O) groups is 1. The first-order valence-electron chi connectivity index (χ1n) is 7.63. The molecule has 114 valence electrons. The van der Waals surface area contributed by atoms with E-state index in [0.29, 0.717) is 19.3 Å². The molecule has 4 nitrogen and oxygen atoms in total. The quantitative estimate of drug-likeness (QED) is 0.910. The van der Waals surface area contributed by atoms with Crippen LogP contribution in [0.25, 0.3) is 11.1 Å². The van der Waals surface area contributed by atoms with E-state index in [-0.39, 0.29) is 0 Å². The molecule has 0 aliphatic carbocycles. The van der Waals surface area contributed by atoms with Crippen LogP contribution in [0.5, 0.6) is 0 Å². The Morgan fingerprint density at radius 2 is 1.86 bits per heavy atom. The Morgan fingerprint density at radius 1 is 1.14 bits per heavy atom. The SMILES string of the molecule is O=C(O)C1(Cc2ccc(-c3cccnc3)cc2)CCNCC1. The monoisotopic (exact) mass is 296 g/mol. The summed E-state index contributed by atoms with van der Waals surface area (Å²) >= 11 is 0. The van der Waals surface area contributed by atoms with Crippen molar-refractivity contribution in [3.63, 3.8) is 0 Å². The number of rotatable bonds is 4. The highest BCUT2D eigenvalue weighted by molar-refractivity contribution is 5.75. The molecule has 0 radical (unpaired) electrons. The molecule has 1 aromatic heterocycles. The van der Waals surface area contributed by atoms with Gasteiger partial charge in [0, 0.05) is 12.4 Å². The minimum absolute atomic E-state index is 0.595. The Balaban J connectivity index is 1.79. The highest BCUT2D eigenvalue weighted by Gasteiger charge is 2.39. The van der Waals surface area contributed by atoms with Crippen LogP contribution in [0, 0.1) is 5.41 Å². The predicted octanol–water partition coefficient (Wildman–Crippen LogP) is 2.75. The average molecular weight is 296 g/mol. The number of nitrogens with one attached hydrogen (secondary N) is 1. The summed E-state index contributed by atoms with van der Waals surface area (Å²) in [6.45, 7) is 1.56. The Kier molecular flexibility index (Phi) is 4.20. The van der Waals surface area contributed by atoms with Crippen LogP contribution >= 0.6 is 0 Å². The van der Waals surface area contributed by atoms with Crippen LogP contribution in [0.3, 0.4) is 0 Å². The van der Waals surface area contributed by atoms with Crippen molar-refractivity contribution in [2.75, 3.05) is 13.1 Å². The topological polar surface area (TPSA) is 62.2 Å². The first kappa shape index (κ1) is 14.7. The molecule has 0 unspecified atom stereocenters. The van der Waals surface area contributed by atoms with E-state index in [4.69, 9.17) is 0 Å². The Labute approximate surface area is 130 Å². The summed E-state index contributed by atoms with van der Waals surface area (Å²) in [5, 5.41) is 12.9. The van der Waals surface area contributed by atoms with E-state index in [1.165, 1.54) is 0 Å². The second-order valence-corrected chi connectivity index (χ2v) is 5.95. The molecule has 2 heterocycles. The van der Waals surface area contributed by atoms with E-state index in [0.717, 1.165) is 29.8 Å². The van der Waals surface area contributed by atoms with Crippen LogP contribution in [-0.4, -0.2) is 29.1 Å². The smallest absolute Gasteiger partial charge is 0.310 e. The zero-order valence-electron chi connectivity index (χ0n) is 12.5. The fraction of sp³-hybridized carbons (Fsp3) is 0.333. The summed E-state index contributed by atoms with van der Waals surface area (Å²) in [6.07, 6.45) is 5.56. The molecule has 0 saturated carbocycles. The van der Waals surface area contributed by atoms with Gasteiger partial charge in [0.15, 0.2) is 0 Å². The molecular formula is C18H20N2O2. The number of carboxylic acids is 1. The molecular weight excluding hydrogens is 276 g/mol. The van der Waals surface area contributed by atoms with Gasteiger partial charge in [-0.25, -0.2) is 0 Å². The van der Waals surface area contributed by atoms with Crippen molar-refractivity contribution in [3.8, 4) is 11.1 Å². The van der Waals surface area contributed by atoms with Gasteiger partial charge in [-0.2, -0.15) is 0 Å². The highest BCUT2D eigenvalue weighted by Crippen LogP contribution is 2.33. The minimum atomic E-state index is -0.676. The van der Waals surface area contributed by atoms with Gasteiger partial charge < -0.3 is 10.4 Å². The fourth-order valence-electron chi connectivity index (χ4n) is 3.11. The van der Waals surface area contributed by atoms with Gasteiger partial charge in [-0.15, -0.1) is 0 Å². The number of aliphatic carboxylic acids is 1. The lowest BCUT2D eigenvalue weighted by Gasteiger charge is -2.33. The van der Waals surface area contributed by atoms with Gasteiger partial charge in [0.1, 0.15) is 0 Å². The zero-order chi connectivity index (χ0) is 15.4. The number of benzene rings is 1. The molecule has 0 atom stereocenters. The fourth-order valence-corrected chi connectivity index (χ4v) is 3.11. The molecule has 4 heteroatoms. The summed E-state index contributed by atoms with van der Waals surface area (Å²) in [5.74, 6) is -0.676. The van der Waals surface area contributed by atoms with E-state index in [1.807, 2.05) is 42.6 Å². The predicted molar refractivity (Wildman–Crippen MR) is 85.5 cm³/mol. The number of carboxylic acid groups (broad SMARTS) is 1. The van der Waals surface area contributed by atoms with Crippen molar-refractivity contribution in [3.05, 3.63) is 54.4 Å². The van der Waals surface area contributed by atoms with Crippen LogP contribution in [0.2, 0.25) is 0 Å². The molecule has 0 spiro atoms. The van der Waals surface area contributed by atoms with Crippen molar-refractivity contribution in [1.29, 1.82) is 0 Å². The maximum atomic E-state index is 11.7. The summed E-state index contributed by atoms with van der Waals surface area (Å²) in [4.78, 5) is 15.9. The minimum Gasteiger partial charge on any atom is -0.481 e. The molecule has 22 heavy (non-hydrogen) atoms. The maximum Gasteiger partial charge on any atom is 0.310 e. The Hall–Kier alpha value is -2.20. The van der Waals surface area contributed by atoms with E-state index in [1.54, 1.807) is 6.20 Å². The van der Waals surface area contributed by atoms with Crippen molar-refractivity contribution in [2.45, 2.75) is 19.3 Å². The summed E-state index contributed by atoms with van der Waals surface area (Å²) < 4.78 is 0. The highest BCUT2D eigenvalue weighted by atomic mass is 16.4. The van der Waals surface area contributed by atoms with E-state index in [2.05, 4.69) is 10.3 Å². The largest absolute Gasteiger partial charge is 0.481 e. The summed E-state index contributed by atoms with van der Waals surface area (Å²) in [5.41, 5.74) is 2.63. The van der Waals surface area contributed by atoms with Crippen LogP contribution in [0.4, 0.5) is 0 Å². The van der Waals surface area contributed by atoms with Crippen molar-refractivity contribution < 1.29 is 9.90 Å². The van der Waals surface area contributed by atoms with E-state index >= 15 is 0 Å². The normalized spacial score (nSPS) is 17.1. The lowest BCUT2D eigenvalue weighted by Crippen LogP contribution is -2.43. The van der Waals surface area contributed by atoms with Gasteiger partial charge in [0.2, 0.25) is 0 Å². The van der Waals surface area contributed by atoms with Crippen molar-refractivity contribution in [1.82, 2.24) is 10.3 Å². The number of hydrogen-bond acceptors (Lipinski definition) is 3. The van der Waals surface area contributed by atoms with Gasteiger partial charge >= 0.3 is 5.97 Å². The number of piperidine rings is 1. The lowest BCUT2D eigenvalue weighted by atomic mass is 9.74. The van der Waals surface area contributed by atoms with Gasteiger partial charge in [0.25, 0.3) is 0 Å². The molecule has 2 aromatic rings. The van der Waals surface area contributed by atoms with Gasteiger partial charge in [0.05, 0.1) is 5.41 Å². The van der Waals surface area contributed by atoms with Gasteiger partial charge in [-0.3, -0.25) is 9.78 Å². The number of pyridine rings is 1. The number of aromatic nitrogens is 1. The van der Waals surface area contributed by atoms with Crippen LogP contribution < -0.4 is 5.32 Å². The van der Waals surface area contributed by atoms with Crippen LogP contribution in [0.15, 0.2) is 48.8 Å². The number of hydrogen-bond donors (Lipinski definition) is 2. The molecule has 1 aromatic carbocycles. The molecule has 3 rings (SSSR count). The molecule has 0 amide bonds. The lowest BCUT2D eigenvalue weighted by molar-refractivity contribution is -0.150. The zero-order valence-corrected chi connectivity index (χ0v) is 12.5. The maximum absolute atomic E-state index is 11.7. The van der Waals surface area contributed by atoms with E-state index < -0.39 is 11.4 Å². The first-order chi connectivity index (χ1) is 10.7. The summed E-state index contributed by atoms with van der Waals surface area (Å²) in [7, 11) is 0. The van der Waals surface area contributed by atoms with Crippen LogP contribution in [0.1, 0.15) is 18.4 Å². The third kappa shape index (κ3) is 3.02.